The van der Waals surface area contributed by atoms with Crippen molar-refractivity contribution in [2.45, 2.75) is 44.2 Å². The zero-order chi connectivity index (χ0) is 18.9. The summed E-state index contributed by atoms with van der Waals surface area (Å²) >= 11 is 0. The number of halogens is 3. The minimum Gasteiger partial charge on any atom is -0.481 e. The summed E-state index contributed by atoms with van der Waals surface area (Å²) < 4.78 is 39.5. The van der Waals surface area contributed by atoms with Crippen molar-refractivity contribution in [3.05, 3.63) is 35.4 Å². The third-order valence-electron chi connectivity index (χ3n) is 5.37. The lowest BCUT2D eigenvalue weighted by Gasteiger charge is -2.33. The van der Waals surface area contributed by atoms with E-state index in [0.29, 0.717) is 25.9 Å². The first kappa shape index (κ1) is 18.7. The first-order valence-electron chi connectivity index (χ1n) is 8.94. The van der Waals surface area contributed by atoms with E-state index in [2.05, 4.69) is 0 Å². The molecule has 0 unspecified atom stereocenters. The Kier molecular flexibility index (Phi) is 5.25. The molecule has 3 rings (SSSR count). The average molecular weight is 369 g/mol. The van der Waals surface area contributed by atoms with E-state index in [4.69, 9.17) is 5.11 Å². The van der Waals surface area contributed by atoms with Crippen molar-refractivity contribution in [1.82, 2.24) is 4.90 Å². The van der Waals surface area contributed by atoms with Crippen LogP contribution in [0.2, 0.25) is 0 Å². The molecular weight excluding hydrogens is 347 g/mol. The molecule has 2 fully saturated rings. The highest BCUT2D eigenvalue weighted by Crippen LogP contribution is 2.52. The van der Waals surface area contributed by atoms with E-state index in [1.54, 1.807) is 11.0 Å². The van der Waals surface area contributed by atoms with Gasteiger partial charge in [0.25, 0.3) is 0 Å². The van der Waals surface area contributed by atoms with Gasteiger partial charge in [0.1, 0.15) is 0 Å². The quantitative estimate of drug-likeness (QED) is 0.856. The Morgan fingerprint density at radius 1 is 1.23 bits per heavy atom. The van der Waals surface area contributed by atoms with Crippen molar-refractivity contribution in [3.8, 4) is 0 Å². The zero-order valence-corrected chi connectivity index (χ0v) is 14.3. The smallest absolute Gasteiger partial charge is 0.416 e. The Morgan fingerprint density at radius 3 is 2.65 bits per heavy atom. The van der Waals surface area contributed by atoms with Crippen LogP contribution in [0.1, 0.15) is 49.1 Å². The van der Waals surface area contributed by atoms with E-state index in [9.17, 15) is 22.8 Å². The van der Waals surface area contributed by atoms with Gasteiger partial charge in [-0.3, -0.25) is 9.59 Å². The van der Waals surface area contributed by atoms with Crippen LogP contribution in [-0.2, 0) is 15.8 Å². The van der Waals surface area contributed by atoms with Gasteiger partial charge in [0.15, 0.2) is 0 Å². The van der Waals surface area contributed by atoms with Crippen molar-refractivity contribution in [3.63, 3.8) is 0 Å². The van der Waals surface area contributed by atoms with Crippen LogP contribution in [0.5, 0.6) is 0 Å². The van der Waals surface area contributed by atoms with Gasteiger partial charge in [-0.1, -0.05) is 18.2 Å². The molecule has 1 heterocycles. The Bertz CT molecular complexity index is 689. The fraction of sp³-hybridized carbons (Fsp3) is 0.579. The Labute approximate surface area is 150 Å². The van der Waals surface area contributed by atoms with Gasteiger partial charge in [-0.05, 0) is 49.1 Å². The van der Waals surface area contributed by atoms with Crippen LogP contribution in [0, 0.1) is 11.8 Å². The number of aliphatic carboxylic acids is 1. The largest absolute Gasteiger partial charge is 0.481 e. The van der Waals surface area contributed by atoms with Crippen LogP contribution in [0.4, 0.5) is 13.2 Å². The van der Waals surface area contributed by atoms with Gasteiger partial charge in [0, 0.05) is 25.4 Å². The monoisotopic (exact) mass is 369 g/mol. The molecule has 0 radical (unpaired) electrons. The number of hydrogen-bond donors (Lipinski definition) is 1. The van der Waals surface area contributed by atoms with Gasteiger partial charge in [-0.25, -0.2) is 0 Å². The SMILES string of the molecule is O=C(O)CC[C@@H]1CCCN(C(=O)[C@H]2C[C@H]2c2ccccc2C(F)(F)F)C1. The van der Waals surface area contributed by atoms with E-state index >= 15 is 0 Å². The van der Waals surface area contributed by atoms with Gasteiger partial charge in [0.05, 0.1) is 5.56 Å². The molecule has 1 N–H and O–H groups in total. The Morgan fingerprint density at radius 2 is 1.96 bits per heavy atom. The summed E-state index contributed by atoms with van der Waals surface area (Å²) in [6.07, 6.45) is -1.65. The number of piperidine rings is 1. The zero-order valence-electron chi connectivity index (χ0n) is 14.3. The number of carboxylic acids is 1. The summed E-state index contributed by atoms with van der Waals surface area (Å²) in [4.78, 5) is 25.2. The van der Waals surface area contributed by atoms with E-state index in [-0.39, 0.29) is 29.7 Å². The molecule has 1 aliphatic heterocycles. The third kappa shape index (κ3) is 4.19. The van der Waals surface area contributed by atoms with Crippen molar-refractivity contribution >= 4 is 11.9 Å². The summed E-state index contributed by atoms with van der Waals surface area (Å²) in [5, 5.41) is 8.80. The maximum atomic E-state index is 13.2. The number of benzene rings is 1. The maximum absolute atomic E-state index is 13.2. The highest BCUT2D eigenvalue weighted by atomic mass is 19.4. The maximum Gasteiger partial charge on any atom is 0.416 e. The van der Waals surface area contributed by atoms with Crippen molar-refractivity contribution in [2.24, 2.45) is 11.8 Å². The van der Waals surface area contributed by atoms with Gasteiger partial charge in [-0.15, -0.1) is 0 Å². The van der Waals surface area contributed by atoms with Crippen LogP contribution < -0.4 is 0 Å². The van der Waals surface area contributed by atoms with Gasteiger partial charge in [-0.2, -0.15) is 13.2 Å². The lowest BCUT2D eigenvalue weighted by Crippen LogP contribution is -2.41. The molecule has 142 valence electrons. The number of hydrogen-bond acceptors (Lipinski definition) is 2. The highest BCUT2D eigenvalue weighted by Gasteiger charge is 2.49. The molecule has 1 amide bonds. The number of nitrogens with zero attached hydrogens (tertiary/aromatic N) is 1. The van der Waals surface area contributed by atoms with Gasteiger partial charge < -0.3 is 10.0 Å². The molecule has 1 aromatic carbocycles. The normalized spacial score (nSPS) is 25.8. The number of likely N-dealkylation sites (tertiary alicyclic amines) is 1. The standard InChI is InChI=1S/C19H22F3NO3/c20-19(21,22)16-6-2-1-5-13(16)14-10-15(14)18(26)23-9-3-4-12(11-23)7-8-17(24)25/h1-2,5-6,12,14-15H,3-4,7-11H2,(H,24,25)/t12-,14-,15-/m0/s1. The Balaban J connectivity index is 1.63. The molecule has 1 saturated carbocycles. The molecule has 0 aromatic heterocycles. The summed E-state index contributed by atoms with van der Waals surface area (Å²) in [5.41, 5.74) is -0.448. The molecule has 0 bridgehead atoms. The van der Waals surface area contributed by atoms with Crippen molar-refractivity contribution in [2.75, 3.05) is 13.1 Å². The first-order valence-corrected chi connectivity index (χ1v) is 8.94. The molecule has 4 nitrogen and oxygen atoms in total. The lowest BCUT2D eigenvalue weighted by molar-refractivity contribution is -0.139. The van der Waals surface area contributed by atoms with Crippen LogP contribution in [0.25, 0.3) is 0 Å². The summed E-state index contributed by atoms with van der Waals surface area (Å²) in [7, 11) is 0. The van der Waals surface area contributed by atoms with E-state index in [1.807, 2.05) is 0 Å². The molecule has 1 aromatic rings. The van der Waals surface area contributed by atoms with Gasteiger partial charge in [0.2, 0.25) is 5.91 Å². The van der Waals surface area contributed by atoms with Crippen LogP contribution in [0.15, 0.2) is 24.3 Å². The lowest BCUT2D eigenvalue weighted by atomic mass is 9.93. The molecule has 2 aliphatic rings. The minimum absolute atomic E-state index is 0.0811. The number of carbonyl (C=O) groups excluding carboxylic acids is 1. The van der Waals surface area contributed by atoms with Gasteiger partial charge >= 0.3 is 12.1 Å². The summed E-state index contributed by atoms with van der Waals surface area (Å²) in [6.45, 7) is 1.11. The molecule has 1 aliphatic carbocycles. The predicted molar refractivity (Wildman–Crippen MR) is 88.5 cm³/mol. The number of alkyl halides is 3. The minimum atomic E-state index is -4.42. The topological polar surface area (TPSA) is 57.6 Å². The molecule has 3 atom stereocenters. The van der Waals surface area contributed by atoms with Crippen LogP contribution in [0.3, 0.4) is 0 Å². The van der Waals surface area contributed by atoms with Crippen molar-refractivity contribution in [1.29, 1.82) is 0 Å². The molecule has 7 heteroatoms. The molecule has 1 saturated heterocycles. The average Bonchev–Trinajstić information content (AvgIpc) is 3.39. The predicted octanol–water partition coefficient (Wildman–Crippen LogP) is 3.91. The third-order valence-corrected chi connectivity index (χ3v) is 5.37. The number of rotatable bonds is 5. The van der Waals surface area contributed by atoms with E-state index < -0.39 is 23.6 Å². The first-order chi connectivity index (χ1) is 12.3. The summed E-state index contributed by atoms with van der Waals surface area (Å²) in [5.74, 6) is -1.55. The fourth-order valence-electron chi connectivity index (χ4n) is 3.95. The summed E-state index contributed by atoms with van der Waals surface area (Å²) in [6, 6.07) is 5.47. The second-order valence-electron chi connectivity index (χ2n) is 7.26. The molecular formula is C19H22F3NO3. The Hall–Kier alpha value is -2.05. The van der Waals surface area contributed by atoms with Crippen LogP contribution >= 0.6 is 0 Å². The van der Waals surface area contributed by atoms with Crippen molar-refractivity contribution < 1.29 is 27.9 Å². The number of amides is 1. The second-order valence-corrected chi connectivity index (χ2v) is 7.26. The molecule has 0 spiro atoms. The van der Waals surface area contributed by atoms with E-state index in [1.165, 1.54) is 12.1 Å². The fourth-order valence-corrected chi connectivity index (χ4v) is 3.95. The van der Waals surface area contributed by atoms with E-state index in [0.717, 1.165) is 18.9 Å². The second kappa shape index (κ2) is 7.29. The number of carboxylic acid groups (broad SMARTS) is 1. The van der Waals surface area contributed by atoms with Crippen LogP contribution in [-0.4, -0.2) is 35.0 Å². The number of carbonyl (C=O) groups is 2. The molecule has 26 heavy (non-hydrogen) atoms. The highest BCUT2D eigenvalue weighted by molar-refractivity contribution is 5.83.